The van der Waals surface area contributed by atoms with Crippen LogP contribution in [0.4, 0.5) is 11.4 Å². The zero-order chi connectivity index (χ0) is 18.7. The molecule has 0 bridgehead atoms. The fraction of sp³-hybridized carbons (Fsp3) is 0.412. The van der Waals surface area contributed by atoms with Crippen molar-refractivity contribution in [3.63, 3.8) is 0 Å². The lowest BCUT2D eigenvalue weighted by atomic mass is 10.2. The van der Waals surface area contributed by atoms with E-state index in [-0.39, 0.29) is 24.0 Å². The number of nitrogens with zero attached hydrogens (tertiary/aromatic N) is 3. The van der Waals surface area contributed by atoms with Gasteiger partial charge in [0.15, 0.2) is 5.16 Å². The smallest absolute Gasteiger partial charge is 0.323 e. The van der Waals surface area contributed by atoms with Gasteiger partial charge >= 0.3 is 5.69 Å². The summed E-state index contributed by atoms with van der Waals surface area (Å²) < 4.78 is 1.55. The van der Waals surface area contributed by atoms with Gasteiger partial charge in [0.2, 0.25) is 11.8 Å². The molecule has 0 aliphatic carbocycles. The van der Waals surface area contributed by atoms with E-state index in [1.54, 1.807) is 29.7 Å². The van der Waals surface area contributed by atoms with Crippen molar-refractivity contribution in [1.82, 2.24) is 14.8 Å². The van der Waals surface area contributed by atoms with Crippen LogP contribution in [-0.2, 0) is 16.1 Å². The van der Waals surface area contributed by atoms with E-state index in [0.717, 1.165) is 12.8 Å². The second kappa shape index (κ2) is 7.77. The summed E-state index contributed by atoms with van der Waals surface area (Å²) in [4.78, 5) is 38.2. The van der Waals surface area contributed by atoms with Gasteiger partial charge in [-0.25, -0.2) is 9.89 Å². The highest BCUT2D eigenvalue weighted by molar-refractivity contribution is 8.00. The molecule has 1 aliphatic rings. The highest BCUT2D eigenvalue weighted by Gasteiger charge is 2.30. The molecule has 1 aliphatic heterocycles. The summed E-state index contributed by atoms with van der Waals surface area (Å²) in [5.41, 5.74) is 1.02. The van der Waals surface area contributed by atoms with Crippen LogP contribution in [0.1, 0.15) is 26.7 Å². The Morgan fingerprint density at radius 3 is 2.88 bits per heavy atom. The van der Waals surface area contributed by atoms with Crippen molar-refractivity contribution in [2.45, 2.75) is 43.6 Å². The minimum Gasteiger partial charge on any atom is -0.323 e. The molecule has 0 spiro atoms. The number of rotatable bonds is 6. The van der Waals surface area contributed by atoms with Crippen LogP contribution in [0.15, 0.2) is 34.2 Å². The largest absolute Gasteiger partial charge is 0.343 e. The van der Waals surface area contributed by atoms with Gasteiger partial charge in [-0.2, -0.15) is 0 Å². The number of hydrogen-bond donors (Lipinski definition) is 2. The summed E-state index contributed by atoms with van der Waals surface area (Å²) in [6, 6.07) is 7.20. The minimum absolute atomic E-state index is 0.0239. The number of aromatic nitrogens is 3. The first-order chi connectivity index (χ1) is 12.5. The average molecular weight is 375 g/mol. The Hall–Kier alpha value is -2.55. The van der Waals surface area contributed by atoms with Crippen LogP contribution < -0.4 is 15.9 Å². The van der Waals surface area contributed by atoms with Crippen LogP contribution in [0.2, 0.25) is 0 Å². The molecule has 0 unspecified atom stereocenters. The number of carbonyl (C=O) groups is 2. The Kier molecular flexibility index (Phi) is 5.46. The third kappa shape index (κ3) is 3.67. The molecule has 2 N–H and O–H groups in total. The summed E-state index contributed by atoms with van der Waals surface area (Å²) >= 11 is 1.22. The molecule has 138 valence electrons. The van der Waals surface area contributed by atoms with Gasteiger partial charge in [-0.15, -0.1) is 5.10 Å². The average Bonchev–Trinajstić information content (AvgIpc) is 2.98. The van der Waals surface area contributed by atoms with Crippen molar-refractivity contribution in [3.05, 3.63) is 34.7 Å². The van der Waals surface area contributed by atoms with Crippen LogP contribution in [0, 0.1) is 0 Å². The molecule has 1 aromatic carbocycles. The molecule has 0 radical (unpaired) electrons. The van der Waals surface area contributed by atoms with Crippen molar-refractivity contribution in [3.8, 4) is 0 Å². The lowest BCUT2D eigenvalue weighted by Crippen LogP contribution is -2.45. The van der Waals surface area contributed by atoms with Gasteiger partial charge < -0.3 is 5.32 Å². The fourth-order valence-corrected chi connectivity index (χ4v) is 3.71. The molecule has 8 nitrogen and oxygen atoms in total. The number of para-hydroxylation sites is 2. The number of unbranched alkanes of at least 4 members (excludes halogenated alkanes) is 1. The lowest BCUT2D eigenvalue weighted by Gasteiger charge is -2.30. The fourth-order valence-electron chi connectivity index (χ4n) is 2.76. The van der Waals surface area contributed by atoms with Crippen molar-refractivity contribution in [1.29, 1.82) is 0 Å². The maximum atomic E-state index is 12.9. The maximum absolute atomic E-state index is 12.9. The van der Waals surface area contributed by atoms with E-state index < -0.39 is 5.25 Å². The van der Waals surface area contributed by atoms with Crippen molar-refractivity contribution >= 4 is 35.0 Å². The van der Waals surface area contributed by atoms with Crippen LogP contribution in [0.3, 0.4) is 0 Å². The summed E-state index contributed by atoms with van der Waals surface area (Å²) in [7, 11) is 0. The summed E-state index contributed by atoms with van der Waals surface area (Å²) in [5.74, 6) is -0.427. The van der Waals surface area contributed by atoms with Crippen molar-refractivity contribution in [2.75, 3.05) is 16.8 Å². The number of H-pyrrole nitrogens is 1. The van der Waals surface area contributed by atoms with Crippen LogP contribution >= 0.6 is 11.8 Å². The second-order valence-electron chi connectivity index (χ2n) is 6.07. The number of anilines is 2. The molecule has 26 heavy (non-hydrogen) atoms. The zero-order valence-corrected chi connectivity index (χ0v) is 15.5. The number of hydrogen-bond acceptors (Lipinski definition) is 5. The van der Waals surface area contributed by atoms with E-state index in [0.29, 0.717) is 23.1 Å². The van der Waals surface area contributed by atoms with Gasteiger partial charge in [0.1, 0.15) is 6.54 Å². The molecule has 0 fully saturated rings. The molecule has 2 heterocycles. The Bertz CT molecular complexity index is 875. The number of thioether (sulfide) groups is 1. The minimum atomic E-state index is -0.496. The van der Waals surface area contributed by atoms with Gasteiger partial charge in [0.25, 0.3) is 0 Å². The normalized spacial score (nSPS) is 14.7. The molecule has 2 amide bonds. The van der Waals surface area contributed by atoms with Gasteiger partial charge in [-0.3, -0.25) is 19.1 Å². The van der Waals surface area contributed by atoms with Gasteiger partial charge in [0.05, 0.1) is 16.6 Å². The predicted octanol–water partition coefficient (Wildman–Crippen LogP) is 1.84. The molecule has 3 rings (SSSR count). The summed E-state index contributed by atoms with van der Waals surface area (Å²) in [6.45, 7) is 4.34. The topological polar surface area (TPSA) is 100 Å². The first-order valence-electron chi connectivity index (χ1n) is 8.53. The highest BCUT2D eigenvalue weighted by Crippen LogP contribution is 2.31. The van der Waals surface area contributed by atoms with E-state index in [4.69, 9.17) is 0 Å². The van der Waals surface area contributed by atoms with Crippen LogP contribution in [-0.4, -0.2) is 38.4 Å². The summed E-state index contributed by atoms with van der Waals surface area (Å²) in [5, 5.41) is 9.23. The molecular weight excluding hydrogens is 354 g/mol. The van der Waals surface area contributed by atoms with E-state index in [9.17, 15) is 14.4 Å². The quantitative estimate of drug-likeness (QED) is 0.751. The van der Waals surface area contributed by atoms with Crippen molar-refractivity contribution in [2.24, 2.45) is 0 Å². The second-order valence-corrected chi connectivity index (χ2v) is 7.37. The first kappa shape index (κ1) is 18.2. The standard InChI is InChI=1S/C17H21N5O3S/c1-3-4-9-21-16(25)19-20-17(21)26-11(2)15(24)22-10-14(23)18-12-7-5-6-8-13(12)22/h5-8,11H,3-4,9-10H2,1-2H3,(H,18,23)(H,19,25)/t11-/m1/s1. The van der Waals surface area contributed by atoms with Crippen LogP contribution in [0.5, 0.6) is 0 Å². The number of amides is 2. The van der Waals surface area contributed by atoms with E-state index in [2.05, 4.69) is 15.5 Å². The van der Waals surface area contributed by atoms with Gasteiger partial charge in [0, 0.05) is 6.54 Å². The molecule has 1 aromatic heterocycles. The number of carbonyl (C=O) groups excluding carboxylic acids is 2. The zero-order valence-electron chi connectivity index (χ0n) is 14.7. The van der Waals surface area contributed by atoms with Crippen LogP contribution in [0.25, 0.3) is 0 Å². The highest BCUT2D eigenvalue weighted by atomic mass is 32.2. The Morgan fingerprint density at radius 1 is 1.35 bits per heavy atom. The third-order valence-electron chi connectivity index (χ3n) is 4.13. The number of benzene rings is 1. The maximum Gasteiger partial charge on any atom is 0.343 e. The predicted molar refractivity (Wildman–Crippen MR) is 100 cm³/mol. The third-order valence-corrected chi connectivity index (χ3v) is 5.20. The van der Waals surface area contributed by atoms with Crippen molar-refractivity contribution < 1.29 is 9.59 Å². The monoisotopic (exact) mass is 375 g/mol. The Labute approximate surface area is 155 Å². The van der Waals surface area contributed by atoms with Gasteiger partial charge in [-0.05, 0) is 25.5 Å². The number of fused-ring (bicyclic) bond motifs is 1. The molecule has 0 saturated heterocycles. The molecule has 2 aromatic rings. The first-order valence-corrected chi connectivity index (χ1v) is 9.41. The van der Waals surface area contributed by atoms with Gasteiger partial charge in [-0.1, -0.05) is 37.2 Å². The van der Waals surface area contributed by atoms with E-state index in [1.807, 2.05) is 13.0 Å². The SMILES string of the molecule is CCCCn1c(S[C@H](C)C(=O)N2CC(=O)Nc3ccccc32)n[nH]c1=O. The molecule has 0 saturated carbocycles. The summed E-state index contributed by atoms with van der Waals surface area (Å²) in [6.07, 6.45) is 1.81. The Morgan fingerprint density at radius 2 is 2.12 bits per heavy atom. The number of nitrogens with one attached hydrogen (secondary N) is 2. The molecule has 9 heteroatoms. The Balaban J connectivity index is 1.79. The molecular formula is C17H21N5O3S. The lowest BCUT2D eigenvalue weighted by molar-refractivity contribution is -0.121. The van der Waals surface area contributed by atoms with E-state index in [1.165, 1.54) is 16.7 Å². The van der Waals surface area contributed by atoms with E-state index >= 15 is 0 Å². The number of aromatic amines is 1. The molecule has 1 atom stereocenters.